The highest BCUT2D eigenvalue weighted by molar-refractivity contribution is 6.36. The van der Waals surface area contributed by atoms with Crippen LogP contribution in [-0.2, 0) is 6.54 Å². The van der Waals surface area contributed by atoms with Crippen LogP contribution >= 0.6 is 23.2 Å². The molecule has 0 radical (unpaired) electrons. The molecule has 0 spiro atoms. The molecule has 1 N–H and O–H groups in total. The van der Waals surface area contributed by atoms with Crippen LogP contribution in [0.4, 0.5) is 4.79 Å². The molecule has 0 saturated heterocycles. The first kappa shape index (κ1) is 15.9. The van der Waals surface area contributed by atoms with E-state index in [2.05, 4.69) is 0 Å². The second kappa shape index (κ2) is 6.06. The predicted molar refractivity (Wildman–Crippen MR) is 99.1 cm³/mol. The minimum atomic E-state index is -1.03. The summed E-state index contributed by atoms with van der Waals surface area (Å²) in [6.45, 7) is 0.364. The molecule has 1 aliphatic rings. The fourth-order valence-electron chi connectivity index (χ4n) is 3.06. The third kappa shape index (κ3) is 2.73. The molecule has 0 saturated carbocycles. The predicted octanol–water partition coefficient (Wildman–Crippen LogP) is 5.34. The molecule has 0 amide bonds. The van der Waals surface area contributed by atoms with Gasteiger partial charge in [-0.05, 0) is 29.3 Å². The minimum absolute atomic E-state index is 0.364. The molecule has 2 heterocycles. The molecule has 1 aromatic heterocycles. The Kier molecular flexibility index (Phi) is 3.86. The molecule has 4 rings (SSSR count). The molecule has 3 aromatic rings. The lowest BCUT2D eigenvalue weighted by Gasteiger charge is -2.12. The van der Waals surface area contributed by atoms with Crippen molar-refractivity contribution in [3.8, 4) is 11.1 Å². The highest BCUT2D eigenvalue weighted by Gasteiger charge is 2.22. The van der Waals surface area contributed by atoms with Crippen LogP contribution in [0.25, 0.3) is 11.1 Å². The van der Waals surface area contributed by atoms with Crippen LogP contribution in [-0.4, -0.2) is 21.5 Å². The molecule has 0 fully saturated rings. The Balaban J connectivity index is 1.98. The highest BCUT2D eigenvalue weighted by Crippen LogP contribution is 2.35. The molecule has 6 heteroatoms. The first-order chi connectivity index (χ1) is 12.0. The largest absolute Gasteiger partial charge is 0.464 e. The van der Waals surface area contributed by atoms with E-state index in [1.807, 2.05) is 36.4 Å². The molecule has 124 valence electrons. The Morgan fingerprint density at radius 2 is 1.80 bits per heavy atom. The van der Waals surface area contributed by atoms with E-state index in [4.69, 9.17) is 28.2 Å². The number of hydrogen-bond donors (Lipinski definition) is 1. The summed E-state index contributed by atoms with van der Waals surface area (Å²) in [5.41, 5.74) is 4.97. The minimum Gasteiger partial charge on any atom is -0.464 e. The first-order valence-corrected chi connectivity index (χ1v) is 8.34. The van der Waals surface area contributed by atoms with Gasteiger partial charge in [0.2, 0.25) is 0 Å². The Morgan fingerprint density at radius 3 is 2.56 bits per heavy atom. The number of rotatable bonds is 1. The molecule has 1 aliphatic heterocycles. The number of fused-ring (bicyclic) bond motifs is 3. The van der Waals surface area contributed by atoms with Crippen molar-refractivity contribution in [2.24, 2.45) is 4.99 Å². The third-order valence-electron chi connectivity index (χ3n) is 4.19. The molecule has 0 unspecified atom stereocenters. The fraction of sp³-hybridized carbons (Fsp3) is 0.0526. The van der Waals surface area contributed by atoms with Crippen LogP contribution in [0.3, 0.4) is 0 Å². The summed E-state index contributed by atoms with van der Waals surface area (Å²) in [5.74, 6) is 0. The average molecular weight is 371 g/mol. The molecule has 2 aromatic carbocycles. The van der Waals surface area contributed by atoms with Crippen molar-refractivity contribution in [3.63, 3.8) is 0 Å². The van der Waals surface area contributed by atoms with Gasteiger partial charge in [-0.15, -0.1) is 0 Å². The van der Waals surface area contributed by atoms with Gasteiger partial charge in [0.05, 0.1) is 12.3 Å². The van der Waals surface area contributed by atoms with E-state index in [-0.39, 0.29) is 0 Å². The summed E-state index contributed by atoms with van der Waals surface area (Å²) in [6.07, 6.45) is 2.17. The second-order valence-corrected chi connectivity index (χ2v) is 6.57. The van der Waals surface area contributed by atoms with Gasteiger partial charge in [0.15, 0.2) is 0 Å². The van der Waals surface area contributed by atoms with Gasteiger partial charge in [0.25, 0.3) is 0 Å². The topological polar surface area (TPSA) is 54.6 Å². The molecule has 0 bridgehead atoms. The van der Waals surface area contributed by atoms with Crippen molar-refractivity contribution in [2.45, 2.75) is 6.54 Å². The Hall–Kier alpha value is -2.56. The fourth-order valence-corrected chi connectivity index (χ4v) is 3.45. The standard InChI is InChI=1S/C19H12Cl2N2O2/c20-12-5-6-13-15(7-12)18(14-3-1-2-4-17(14)21)22-8-11-9-23(19(24)25)10-16(11)13/h1-7,9-10H,8H2,(H,24,25). The van der Waals surface area contributed by atoms with Crippen LogP contribution in [0.5, 0.6) is 0 Å². The van der Waals surface area contributed by atoms with E-state index in [1.54, 1.807) is 18.5 Å². The number of carboxylic acid groups (broad SMARTS) is 1. The van der Waals surface area contributed by atoms with Crippen molar-refractivity contribution >= 4 is 35.0 Å². The summed E-state index contributed by atoms with van der Waals surface area (Å²) in [7, 11) is 0. The number of nitrogens with zero attached hydrogens (tertiary/aromatic N) is 2. The number of aromatic nitrogens is 1. The van der Waals surface area contributed by atoms with E-state index in [0.29, 0.717) is 16.6 Å². The Bertz CT molecular complexity index is 1040. The molecule has 4 nitrogen and oxygen atoms in total. The zero-order valence-electron chi connectivity index (χ0n) is 12.9. The van der Waals surface area contributed by atoms with Crippen LogP contribution in [0, 0.1) is 0 Å². The number of hydrogen-bond acceptors (Lipinski definition) is 2. The Labute approximate surface area is 154 Å². The van der Waals surface area contributed by atoms with Gasteiger partial charge in [0.1, 0.15) is 0 Å². The summed E-state index contributed by atoms with van der Waals surface area (Å²) in [5, 5.41) is 10.4. The number of aliphatic imine (C=N–C) groups is 1. The second-order valence-electron chi connectivity index (χ2n) is 5.72. The maximum atomic E-state index is 11.3. The lowest BCUT2D eigenvalue weighted by atomic mass is 9.94. The first-order valence-electron chi connectivity index (χ1n) is 7.58. The van der Waals surface area contributed by atoms with Crippen molar-refractivity contribution in [1.29, 1.82) is 0 Å². The van der Waals surface area contributed by atoms with Gasteiger partial charge in [-0.3, -0.25) is 9.56 Å². The monoisotopic (exact) mass is 370 g/mol. The van der Waals surface area contributed by atoms with E-state index in [1.165, 1.54) is 0 Å². The molecule has 25 heavy (non-hydrogen) atoms. The van der Waals surface area contributed by atoms with E-state index >= 15 is 0 Å². The molecule has 0 aliphatic carbocycles. The summed E-state index contributed by atoms with van der Waals surface area (Å²) in [4.78, 5) is 16.0. The average Bonchev–Trinajstić information content (AvgIpc) is 2.95. The maximum absolute atomic E-state index is 11.3. The van der Waals surface area contributed by atoms with E-state index < -0.39 is 6.09 Å². The summed E-state index contributed by atoms with van der Waals surface area (Å²) < 4.78 is 1.15. The zero-order chi connectivity index (χ0) is 17.6. The van der Waals surface area contributed by atoms with Gasteiger partial charge in [-0.25, -0.2) is 4.79 Å². The van der Waals surface area contributed by atoms with Gasteiger partial charge in [0, 0.05) is 39.1 Å². The smallest absolute Gasteiger partial charge is 0.415 e. The molecular formula is C19H12Cl2N2O2. The lowest BCUT2D eigenvalue weighted by molar-refractivity contribution is 0.196. The van der Waals surface area contributed by atoms with E-state index in [9.17, 15) is 9.90 Å². The van der Waals surface area contributed by atoms with Gasteiger partial charge in [-0.2, -0.15) is 0 Å². The quantitative estimate of drug-likeness (QED) is 0.628. The van der Waals surface area contributed by atoms with Crippen LogP contribution in [0.15, 0.2) is 59.9 Å². The van der Waals surface area contributed by atoms with Crippen molar-refractivity contribution in [3.05, 3.63) is 81.6 Å². The highest BCUT2D eigenvalue weighted by atomic mass is 35.5. The zero-order valence-corrected chi connectivity index (χ0v) is 14.4. The summed E-state index contributed by atoms with van der Waals surface area (Å²) >= 11 is 12.6. The van der Waals surface area contributed by atoms with Crippen LogP contribution in [0.1, 0.15) is 16.7 Å². The normalized spacial score (nSPS) is 12.8. The van der Waals surface area contributed by atoms with Crippen molar-refractivity contribution in [2.75, 3.05) is 0 Å². The third-order valence-corrected chi connectivity index (χ3v) is 4.76. The van der Waals surface area contributed by atoms with Gasteiger partial charge in [-0.1, -0.05) is 47.5 Å². The lowest BCUT2D eigenvalue weighted by Crippen LogP contribution is -2.07. The van der Waals surface area contributed by atoms with Crippen molar-refractivity contribution in [1.82, 2.24) is 4.57 Å². The van der Waals surface area contributed by atoms with Crippen LogP contribution in [0.2, 0.25) is 10.0 Å². The summed E-state index contributed by atoms with van der Waals surface area (Å²) in [6, 6.07) is 13.0. The number of carbonyl (C=O) groups is 1. The number of halogens is 2. The SMILES string of the molecule is O=C(O)n1cc2c(c1)-c1ccc(Cl)cc1C(c1ccccc1Cl)=NC2. The van der Waals surface area contributed by atoms with E-state index in [0.717, 1.165) is 38.1 Å². The van der Waals surface area contributed by atoms with Gasteiger partial charge < -0.3 is 5.11 Å². The molecular weight excluding hydrogens is 359 g/mol. The maximum Gasteiger partial charge on any atom is 0.415 e. The number of benzene rings is 2. The Morgan fingerprint density at radius 1 is 1.00 bits per heavy atom. The van der Waals surface area contributed by atoms with Gasteiger partial charge >= 0.3 is 6.09 Å². The van der Waals surface area contributed by atoms with Crippen LogP contribution < -0.4 is 0 Å². The van der Waals surface area contributed by atoms with Crippen molar-refractivity contribution < 1.29 is 9.90 Å². The molecule has 0 atom stereocenters.